The van der Waals surface area contributed by atoms with Gasteiger partial charge in [0.1, 0.15) is 0 Å². The van der Waals surface area contributed by atoms with Crippen LogP contribution in [0.2, 0.25) is 0 Å². The highest BCUT2D eigenvalue weighted by atomic mass is 16.5. The van der Waals surface area contributed by atoms with Crippen LogP contribution in [0.25, 0.3) is 0 Å². The van der Waals surface area contributed by atoms with Crippen molar-refractivity contribution in [2.24, 2.45) is 5.92 Å². The monoisotopic (exact) mass is 247 g/mol. The number of benzene rings is 1. The summed E-state index contributed by atoms with van der Waals surface area (Å²) in [6.45, 7) is 9.69. The number of hydrogen-bond acceptors (Lipinski definition) is 2. The molecule has 2 rings (SSSR count). The highest BCUT2D eigenvalue weighted by Gasteiger charge is 2.29. The van der Waals surface area contributed by atoms with E-state index >= 15 is 0 Å². The maximum atomic E-state index is 6.06. The van der Waals surface area contributed by atoms with Gasteiger partial charge in [-0.1, -0.05) is 45.0 Å². The van der Waals surface area contributed by atoms with Crippen LogP contribution < -0.4 is 5.32 Å². The number of ether oxygens (including phenoxy) is 1. The fourth-order valence-electron chi connectivity index (χ4n) is 2.54. The average Bonchev–Trinajstić information content (AvgIpc) is 2.38. The van der Waals surface area contributed by atoms with Crippen LogP contribution in [0.4, 0.5) is 0 Å². The fourth-order valence-corrected chi connectivity index (χ4v) is 2.54. The van der Waals surface area contributed by atoms with Crippen molar-refractivity contribution < 1.29 is 4.74 Å². The van der Waals surface area contributed by atoms with E-state index in [4.69, 9.17) is 4.74 Å². The van der Waals surface area contributed by atoms with Crippen LogP contribution >= 0.6 is 0 Å². The standard InChI is InChI=1S/C16H25NO/c1-5-13-6-8-14(9-7-13)16-12(4)17-15(10-18-16)11(2)3/h6-9,11-12,15-17H,5,10H2,1-4H3. The van der Waals surface area contributed by atoms with E-state index < -0.39 is 0 Å². The molecule has 0 saturated carbocycles. The van der Waals surface area contributed by atoms with Crippen LogP contribution in [0.5, 0.6) is 0 Å². The Bertz CT molecular complexity index is 371. The summed E-state index contributed by atoms with van der Waals surface area (Å²) in [4.78, 5) is 0. The molecular formula is C16H25NO. The van der Waals surface area contributed by atoms with E-state index in [9.17, 15) is 0 Å². The molecule has 1 aromatic rings. The molecule has 3 atom stereocenters. The summed E-state index contributed by atoms with van der Waals surface area (Å²) in [6, 6.07) is 9.68. The van der Waals surface area contributed by atoms with Crippen LogP contribution in [0.3, 0.4) is 0 Å². The lowest BCUT2D eigenvalue weighted by molar-refractivity contribution is -0.0339. The molecule has 1 aliphatic rings. The lowest BCUT2D eigenvalue weighted by Crippen LogP contribution is -2.51. The van der Waals surface area contributed by atoms with Crippen molar-refractivity contribution in [2.45, 2.75) is 52.3 Å². The summed E-state index contributed by atoms with van der Waals surface area (Å²) >= 11 is 0. The van der Waals surface area contributed by atoms with Gasteiger partial charge in [0, 0.05) is 12.1 Å². The molecule has 0 amide bonds. The molecule has 1 saturated heterocycles. The Labute approximate surface area is 111 Å². The Morgan fingerprint density at radius 2 is 1.94 bits per heavy atom. The van der Waals surface area contributed by atoms with Gasteiger partial charge in [-0.3, -0.25) is 0 Å². The van der Waals surface area contributed by atoms with E-state index in [0.29, 0.717) is 18.0 Å². The van der Waals surface area contributed by atoms with Gasteiger partial charge >= 0.3 is 0 Å². The highest BCUT2D eigenvalue weighted by Crippen LogP contribution is 2.27. The second-order valence-corrected chi connectivity index (χ2v) is 5.65. The average molecular weight is 247 g/mol. The molecular weight excluding hydrogens is 222 g/mol. The Balaban J connectivity index is 2.05. The van der Waals surface area contributed by atoms with Crippen molar-refractivity contribution in [2.75, 3.05) is 6.61 Å². The first kappa shape index (κ1) is 13.6. The molecule has 1 aliphatic heterocycles. The molecule has 18 heavy (non-hydrogen) atoms. The van der Waals surface area contributed by atoms with Gasteiger partial charge in [0.2, 0.25) is 0 Å². The van der Waals surface area contributed by atoms with Gasteiger partial charge in [-0.05, 0) is 30.4 Å². The maximum absolute atomic E-state index is 6.06. The van der Waals surface area contributed by atoms with Gasteiger partial charge in [-0.15, -0.1) is 0 Å². The first-order valence-corrected chi connectivity index (χ1v) is 7.08. The predicted octanol–water partition coefficient (Wildman–Crippen LogP) is 3.32. The van der Waals surface area contributed by atoms with Gasteiger partial charge in [0.05, 0.1) is 12.7 Å². The minimum atomic E-state index is 0.186. The molecule has 2 heteroatoms. The minimum Gasteiger partial charge on any atom is -0.370 e. The predicted molar refractivity (Wildman–Crippen MR) is 75.7 cm³/mol. The Kier molecular flexibility index (Phi) is 4.41. The summed E-state index contributed by atoms with van der Waals surface area (Å²) < 4.78 is 6.06. The molecule has 0 spiro atoms. The molecule has 1 aromatic carbocycles. The molecule has 3 unspecified atom stereocenters. The van der Waals surface area contributed by atoms with E-state index in [1.54, 1.807) is 0 Å². The lowest BCUT2D eigenvalue weighted by Gasteiger charge is -2.38. The molecule has 0 radical (unpaired) electrons. The van der Waals surface area contributed by atoms with Gasteiger partial charge in [0.15, 0.2) is 0 Å². The fraction of sp³-hybridized carbons (Fsp3) is 0.625. The molecule has 1 N–H and O–H groups in total. The zero-order chi connectivity index (χ0) is 13.1. The smallest absolute Gasteiger partial charge is 0.0975 e. The van der Waals surface area contributed by atoms with E-state index in [2.05, 4.69) is 57.3 Å². The molecule has 1 fully saturated rings. The Morgan fingerprint density at radius 3 is 2.44 bits per heavy atom. The first-order valence-electron chi connectivity index (χ1n) is 7.08. The van der Waals surface area contributed by atoms with Gasteiger partial charge < -0.3 is 10.1 Å². The Morgan fingerprint density at radius 1 is 1.28 bits per heavy atom. The SMILES string of the molecule is CCc1ccc(C2OCC(C(C)C)NC2C)cc1. The van der Waals surface area contributed by atoms with Gasteiger partial charge in [-0.2, -0.15) is 0 Å². The summed E-state index contributed by atoms with van der Waals surface area (Å²) in [5.41, 5.74) is 2.67. The molecule has 0 aromatic heterocycles. The van der Waals surface area contributed by atoms with Crippen LogP contribution in [0, 0.1) is 5.92 Å². The number of hydrogen-bond donors (Lipinski definition) is 1. The van der Waals surface area contributed by atoms with Crippen molar-refractivity contribution in [3.8, 4) is 0 Å². The summed E-state index contributed by atoms with van der Waals surface area (Å²) in [7, 11) is 0. The lowest BCUT2D eigenvalue weighted by atomic mass is 9.96. The molecule has 100 valence electrons. The number of rotatable bonds is 3. The van der Waals surface area contributed by atoms with Crippen LogP contribution in [-0.2, 0) is 11.2 Å². The van der Waals surface area contributed by atoms with Crippen molar-refractivity contribution in [1.82, 2.24) is 5.32 Å². The van der Waals surface area contributed by atoms with E-state index in [0.717, 1.165) is 13.0 Å². The first-order chi connectivity index (χ1) is 8.61. The normalized spacial score (nSPS) is 28.6. The van der Waals surface area contributed by atoms with Crippen LogP contribution in [0.1, 0.15) is 44.9 Å². The molecule has 0 bridgehead atoms. The third-order valence-electron chi connectivity index (χ3n) is 3.91. The van der Waals surface area contributed by atoms with Crippen LogP contribution in [0.15, 0.2) is 24.3 Å². The number of morpholine rings is 1. The molecule has 1 heterocycles. The van der Waals surface area contributed by atoms with Crippen LogP contribution in [-0.4, -0.2) is 18.7 Å². The van der Waals surface area contributed by atoms with E-state index in [1.165, 1.54) is 11.1 Å². The number of aryl methyl sites for hydroxylation is 1. The zero-order valence-electron chi connectivity index (χ0n) is 11.9. The second-order valence-electron chi connectivity index (χ2n) is 5.65. The maximum Gasteiger partial charge on any atom is 0.0975 e. The quantitative estimate of drug-likeness (QED) is 0.884. The van der Waals surface area contributed by atoms with Crippen molar-refractivity contribution in [3.63, 3.8) is 0 Å². The third kappa shape index (κ3) is 2.93. The summed E-state index contributed by atoms with van der Waals surface area (Å²) in [5.74, 6) is 0.621. The third-order valence-corrected chi connectivity index (χ3v) is 3.91. The zero-order valence-corrected chi connectivity index (χ0v) is 11.9. The Hall–Kier alpha value is -0.860. The largest absolute Gasteiger partial charge is 0.370 e. The number of nitrogens with one attached hydrogen (secondary N) is 1. The molecule has 0 aliphatic carbocycles. The molecule has 2 nitrogen and oxygen atoms in total. The van der Waals surface area contributed by atoms with Gasteiger partial charge in [0.25, 0.3) is 0 Å². The highest BCUT2D eigenvalue weighted by molar-refractivity contribution is 5.25. The van der Waals surface area contributed by atoms with E-state index in [1.807, 2.05) is 0 Å². The summed E-state index contributed by atoms with van der Waals surface area (Å²) in [6.07, 6.45) is 1.28. The second kappa shape index (κ2) is 5.85. The van der Waals surface area contributed by atoms with Crippen molar-refractivity contribution in [1.29, 1.82) is 0 Å². The topological polar surface area (TPSA) is 21.3 Å². The van der Waals surface area contributed by atoms with Gasteiger partial charge in [-0.25, -0.2) is 0 Å². The van der Waals surface area contributed by atoms with E-state index in [-0.39, 0.29) is 6.10 Å². The van der Waals surface area contributed by atoms with Crippen molar-refractivity contribution in [3.05, 3.63) is 35.4 Å². The minimum absolute atomic E-state index is 0.186. The van der Waals surface area contributed by atoms with Crippen molar-refractivity contribution >= 4 is 0 Å². The summed E-state index contributed by atoms with van der Waals surface area (Å²) in [5, 5.41) is 3.67.